The van der Waals surface area contributed by atoms with Crippen LogP contribution in [0.4, 0.5) is 15.8 Å². The van der Waals surface area contributed by atoms with Crippen molar-refractivity contribution >= 4 is 35.1 Å². The Morgan fingerprint density at radius 3 is 2.42 bits per heavy atom. The fourth-order valence-corrected chi connectivity index (χ4v) is 5.46. The van der Waals surface area contributed by atoms with Gasteiger partial charge in [0.15, 0.2) is 5.78 Å². The van der Waals surface area contributed by atoms with Gasteiger partial charge in [-0.1, -0.05) is 56.3 Å². The minimum atomic E-state index is -0.671. The summed E-state index contributed by atoms with van der Waals surface area (Å²) in [4.78, 5) is 14.4. The summed E-state index contributed by atoms with van der Waals surface area (Å²) < 4.78 is 13.3. The lowest BCUT2D eigenvalue weighted by atomic mass is 9.68. The van der Waals surface area contributed by atoms with Gasteiger partial charge in [-0.3, -0.25) is 4.79 Å². The van der Waals surface area contributed by atoms with E-state index in [-0.39, 0.29) is 17.5 Å². The number of carbonyl (C=O) groups is 1. The second kappa shape index (κ2) is 9.75. The molecule has 0 fully saturated rings. The van der Waals surface area contributed by atoms with Gasteiger partial charge in [-0.05, 0) is 53.9 Å². The lowest BCUT2D eigenvalue weighted by molar-refractivity contribution is -0.123. The minimum Gasteiger partial charge on any atom is -0.355 e. The maximum Gasteiger partial charge on any atom is 0.175 e. The molecule has 1 atom stereocenters. The van der Waals surface area contributed by atoms with Crippen molar-refractivity contribution in [3.05, 3.63) is 106 Å². The van der Waals surface area contributed by atoms with Crippen LogP contribution in [-0.2, 0) is 4.79 Å². The third-order valence-corrected chi connectivity index (χ3v) is 7.16. The van der Waals surface area contributed by atoms with Gasteiger partial charge in [0, 0.05) is 45.1 Å². The molecule has 2 N–H and O–H groups in total. The molecule has 1 heterocycles. The van der Waals surface area contributed by atoms with Crippen LogP contribution in [0.2, 0.25) is 0 Å². The van der Waals surface area contributed by atoms with E-state index in [1.54, 1.807) is 23.9 Å². The molecule has 0 amide bonds. The number of hydrogen-bond acceptors (Lipinski definition) is 4. The van der Waals surface area contributed by atoms with E-state index in [4.69, 9.17) is 5.41 Å². The Kier molecular flexibility index (Phi) is 6.80. The smallest absolute Gasteiger partial charge is 0.175 e. The average molecular weight is 459 g/mol. The van der Waals surface area contributed by atoms with E-state index in [9.17, 15) is 9.18 Å². The van der Waals surface area contributed by atoms with Crippen molar-refractivity contribution < 1.29 is 9.18 Å². The lowest BCUT2D eigenvalue weighted by Gasteiger charge is -2.34. The van der Waals surface area contributed by atoms with Crippen molar-refractivity contribution in [2.45, 2.75) is 26.2 Å². The molecular weight excluding hydrogens is 431 g/mol. The summed E-state index contributed by atoms with van der Waals surface area (Å²) in [6, 6.07) is 22.1. The third kappa shape index (κ3) is 4.93. The number of thioether (sulfide) groups is 1. The van der Waals surface area contributed by atoms with Crippen LogP contribution in [0.1, 0.15) is 42.9 Å². The van der Waals surface area contributed by atoms with Crippen LogP contribution in [0.3, 0.4) is 0 Å². The number of Topliss-reactive ketones (excluding diaryl/α,β-unsaturated/α-hetero) is 1. The lowest BCUT2D eigenvalue weighted by Crippen LogP contribution is -2.33. The van der Waals surface area contributed by atoms with Crippen LogP contribution in [0.25, 0.3) is 0 Å². The number of nitrogens with one attached hydrogen (secondary N) is 2. The molecule has 1 aliphatic heterocycles. The second-order valence-corrected chi connectivity index (χ2v) is 9.86. The van der Waals surface area contributed by atoms with Gasteiger partial charge in [-0.25, -0.2) is 4.39 Å². The Morgan fingerprint density at radius 2 is 1.79 bits per heavy atom. The van der Waals surface area contributed by atoms with Crippen LogP contribution < -0.4 is 5.32 Å². The predicted molar refractivity (Wildman–Crippen MR) is 136 cm³/mol. The highest BCUT2D eigenvalue weighted by atomic mass is 32.2. The van der Waals surface area contributed by atoms with Crippen molar-refractivity contribution in [1.29, 1.82) is 5.41 Å². The molecular formula is C28H27FN2OS. The van der Waals surface area contributed by atoms with Gasteiger partial charge < -0.3 is 10.7 Å². The molecule has 33 heavy (non-hydrogen) atoms. The van der Waals surface area contributed by atoms with Gasteiger partial charge in [-0.2, -0.15) is 0 Å². The van der Waals surface area contributed by atoms with Crippen molar-refractivity contribution in [2.75, 3.05) is 11.1 Å². The molecule has 0 aliphatic carbocycles. The first-order valence-electron chi connectivity index (χ1n) is 11.0. The Labute approximate surface area is 198 Å². The maximum atomic E-state index is 13.6. The first-order valence-corrected chi connectivity index (χ1v) is 12.0. The topological polar surface area (TPSA) is 53.0 Å². The number of allylic oxidation sites excluding steroid dienone is 2. The Balaban J connectivity index is 1.75. The Hall–Kier alpha value is -3.18. The summed E-state index contributed by atoms with van der Waals surface area (Å²) in [6.07, 6.45) is 4.29. The molecule has 0 radical (unpaired) electrons. The molecule has 0 aromatic heterocycles. The number of anilines is 2. The molecule has 168 valence electrons. The minimum absolute atomic E-state index is 0.156. The molecule has 1 unspecified atom stereocenters. The van der Waals surface area contributed by atoms with E-state index >= 15 is 0 Å². The van der Waals surface area contributed by atoms with Gasteiger partial charge >= 0.3 is 0 Å². The quantitative estimate of drug-likeness (QED) is 0.348. The zero-order valence-electron chi connectivity index (χ0n) is 18.8. The van der Waals surface area contributed by atoms with Crippen LogP contribution in [-0.4, -0.2) is 17.8 Å². The Bertz CT molecular complexity index is 1190. The first kappa shape index (κ1) is 23.0. The predicted octanol–water partition coefficient (Wildman–Crippen LogP) is 7.31. The molecule has 4 rings (SSSR count). The van der Waals surface area contributed by atoms with Gasteiger partial charge in [0.25, 0.3) is 0 Å². The number of halogens is 1. The molecule has 0 saturated carbocycles. The van der Waals surface area contributed by atoms with E-state index in [2.05, 4.69) is 23.5 Å². The normalized spacial score (nSPS) is 14.5. The zero-order valence-corrected chi connectivity index (χ0v) is 19.6. The van der Waals surface area contributed by atoms with Crippen LogP contribution in [0.5, 0.6) is 0 Å². The van der Waals surface area contributed by atoms with Crippen LogP contribution in [0.15, 0.2) is 83.8 Å². The van der Waals surface area contributed by atoms with Crippen molar-refractivity contribution in [3.63, 3.8) is 0 Å². The number of carbonyl (C=O) groups excluding carboxylic acids is 1. The molecule has 0 spiro atoms. The van der Waals surface area contributed by atoms with E-state index in [1.165, 1.54) is 18.3 Å². The number of hydrogen-bond donors (Lipinski definition) is 2. The summed E-state index contributed by atoms with van der Waals surface area (Å²) in [5.41, 5.74) is 3.57. The van der Waals surface area contributed by atoms with Crippen LogP contribution >= 0.6 is 11.8 Å². The fraction of sp³-hybridized carbons (Fsp3) is 0.214. The van der Waals surface area contributed by atoms with Gasteiger partial charge in [0.2, 0.25) is 0 Å². The molecule has 3 nitrogen and oxygen atoms in total. The van der Waals surface area contributed by atoms with E-state index in [1.807, 2.05) is 50.2 Å². The summed E-state index contributed by atoms with van der Waals surface area (Å²) in [5.74, 6) is 0.640. The summed E-state index contributed by atoms with van der Waals surface area (Å²) in [7, 11) is 0. The first-order chi connectivity index (χ1) is 15.9. The second-order valence-electron chi connectivity index (χ2n) is 8.72. The average Bonchev–Trinajstić information content (AvgIpc) is 3.36. The zero-order chi connectivity index (χ0) is 23.4. The molecule has 5 heteroatoms. The van der Waals surface area contributed by atoms with Gasteiger partial charge in [0.1, 0.15) is 5.82 Å². The van der Waals surface area contributed by atoms with Crippen molar-refractivity contribution in [3.8, 4) is 0 Å². The fourth-order valence-electron chi connectivity index (χ4n) is 4.38. The largest absolute Gasteiger partial charge is 0.355 e. The number of benzene rings is 3. The standard InChI is InChI=1S/C28H27FN2OS/c1-28(2,27(32)25-9-6-16-33-25)26(19-7-4-3-5-8-19)20-10-15-24(21(17-20)18-30)31-23-13-11-22(29)12-14-23/h3-5,7-15,17-18,26,30-31H,6,16H2,1-2H3. The van der Waals surface area contributed by atoms with Gasteiger partial charge in [-0.15, -0.1) is 11.8 Å². The highest BCUT2D eigenvalue weighted by molar-refractivity contribution is 8.04. The molecule has 0 bridgehead atoms. The number of rotatable bonds is 8. The van der Waals surface area contributed by atoms with E-state index < -0.39 is 5.41 Å². The van der Waals surface area contributed by atoms with Gasteiger partial charge in [0.05, 0.1) is 0 Å². The third-order valence-electron chi connectivity index (χ3n) is 6.06. The van der Waals surface area contributed by atoms with Crippen molar-refractivity contribution in [2.24, 2.45) is 5.41 Å². The van der Waals surface area contributed by atoms with Crippen LogP contribution in [0, 0.1) is 16.6 Å². The Morgan fingerprint density at radius 1 is 1.06 bits per heavy atom. The molecule has 3 aromatic carbocycles. The molecule has 1 aliphatic rings. The van der Waals surface area contributed by atoms with E-state index in [0.29, 0.717) is 5.56 Å². The molecule has 3 aromatic rings. The number of ketones is 1. The summed E-state index contributed by atoms with van der Waals surface area (Å²) in [6.45, 7) is 4.03. The maximum absolute atomic E-state index is 13.6. The summed E-state index contributed by atoms with van der Waals surface area (Å²) >= 11 is 1.64. The van der Waals surface area contributed by atoms with E-state index in [0.717, 1.165) is 39.6 Å². The highest BCUT2D eigenvalue weighted by Crippen LogP contribution is 2.46. The summed E-state index contributed by atoms with van der Waals surface area (Å²) in [5, 5.41) is 11.3. The monoisotopic (exact) mass is 458 g/mol. The van der Waals surface area contributed by atoms with Crippen molar-refractivity contribution in [1.82, 2.24) is 0 Å². The highest BCUT2D eigenvalue weighted by Gasteiger charge is 2.40. The SMILES string of the molecule is CC(C)(C(=O)C1=CCCS1)C(c1ccccc1)c1ccc(Nc2ccc(F)cc2)c(C=N)c1. The molecule has 0 saturated heterocycles.